The average molecular weight is 386 g/mol. The fraction of sp³-hybridized carbons (Fsp3) is 0.292. The molecule has 0 atom stereocenters. The van der Waals surface area contributed by atoms with Gasteiger partial charge in [-0.2, -0.15) is 0 Å². The van der Waals surface area contributed by atoms with E-state index < -0.39 is 0 Å². The van der Waals surface area contributed by atoms with Crippen LogP contribution >= 0.6 is 0 Å². The maximum absolute atomic E-state index is 12.5. The minimum absolute atomic E-state index is 0.0820. The largest absolute Gasteiger partial charge is 0.356 e. The Balaban J connectivity index is 1.25. The number of benzene rings is 2. The fourth-order valence-electron chi connectivity index (χ4n) is 3.75. The Morgan fingerprint density at radius 3 is 2.24 bits per heavy atom. The molecule has 2 heterocycles. The van der Waals surface area contributed by atoms with E-state index in [2.05, 4.69) is 32.5 Å². The van der Waals surface area contributed by atoms with Crippen LogP contribution in [0.4, 0.5) is 5.82 Å². The predicted octanol–water partition coefficient (Wildman–Crippen LogP) is 3.72. The smallest absolute Gasteiger partial charge is 0.223 e. The van der Waals surface area contributed by atoms with Crippen LogP contribution in [0, 0.1) is 5.92 Å². The molecule has 1 fully saturated rings. The Bertz CT molecular complexity index is 905. The van der Waals surface area contributed by atoms with Crippen molar-refractivity contribution in [3.8, 4) is 11.3 Å². The van der Waals surface area contributed by atoms with Crippen LogP contribution in [0.1, 0.15) is 18.4 Å². The molecule has 1 N–H and O–H groups in total. The van der Waals surface area contributed by atoms with Crippen LogP contribution in [-0.2, 0) is 11.2 Å². The highest BCUT2D eigenvalue weighted by Crippen LogP contribution is 2.23. The summed E-state index contributed by atoms with van der Waals surface area (Å²) in [5.74, 6) is 1.14. The number of rotatable bonds is 6. The van der Waals surface area contributed by atoms with Crippen molar-refractivity contribution in [3.05, 3.63) is 78.4 Å². The minimum Gasteiger partial charge on any atom is -0.356 e. The fourth-order valence-corrected chi connectivity index (χ4v) is 3.75. The van der Waals surface area contributed by atoms with Crippen molar-refractivity contribution in [1.29, 1.82) is 0 Å². The highest BCUT2D eigenvalue weighted by atomic mass is 16.1. The second kappa shape index (κ2) is 9.32. The lowest BCUT2D eigenvalue weighted by molar-refractivity contribution is -0.125. The Morgan fingerprint density at radius 1 is 0.897 bits per heavy atom. The molecule has 148 valence electrons. The molecule has 5 heteroatoms. The number of nitrogens with one attached hydrogen (secondary N) is 1. The number of hydrogen-bond donors (Lipinski definition) is 1. The normalized spacial score (nSPS) is 14.6. The lowest BCUT2D eigenvalue weighted by Gasteiger charge is -2.31. The van der Waals surface area contributed by atoms with Gasteiger partial charge in [-0.05, 0) is 37.0 Å². The summed E-state index contributed by atoms with van der Waals surface area (Å²) >= 11 is 0. The zero-order chi connectivity index (χ0) is 19.9. The van der Waals surface area contributed by atoms with Gasteiger partial charge in [0.15, 0.2) is 5.82 Å². The number of piperidine rings is 1. The molecule has 1 saturated heterocycles. The molecular weight excluding hydrogens is 360 g/mol. The molecule has 1 aromatic heterocycles. The third-order valence-electron chi connectivity index (χ3n) is 5.47. The van der Waals surface area contributed by atoms with Crippen molar-refractivity contribution in [2.75, 3.05) is 24.5 Å². The van der Waals surface area contributed by atoms with Crippen LogP contribution in [0.2, 0.25) is 0 Å². The third-order valence-corrected chi connectivity index (χ3v) is 5.47. The molecule has 3 aromatic rings. The summed E-state index contributed by atoms with van der Waals surface area (Å²) in [6.45, 7) is 2.35. The molecule has 29 heavy (non-hydrogen) atoms. The minimum atomic E-state index is 0.0820. The summed E-state index contributed by atoms with van der Waals surface area (Å²) in [4.78, 5) is 14.7. The van der Waals surface area contributed by atoms with Crippen LogP contribution in [0.15, 0.2) is 72.8 Å². The first-order chi connectivity index (χ1) is 14.3. The van der Waals surface area contributed by atoms with E-state index in [1.807, 2.05) is 60.7 Å². The van der Waals surface area contributed by atoms with Gasteiger partial charge in [0, 0.05) is 31.1 Å². The molecule has 0 unspecified atom stereocenters. The third kappa shape index (κ3) is 4.99. The SMILES string of the molecule is O=C(NCCc1ccccc1)C1CCN(c2ccc(-c3ccccc3)nn2)CC1. The average Bonchev–Trinajstić information content (AvgIpc) is 2.80. The molecule has 5 nitrogen and oxygen atoms in total. The molecule has 0 spiro atoms. The van der Waals surface area contributed by atoms with Crippen molar-refractivity contribution in [3.63, 3.8) is 0 Å². The van der Waals surface area contributed by atoms with E-state index in [0.29, 0.717) is 6.54 Å². The van der Waals surface area contributed by atoms with Gasteiger partial charge in [0.2, 0.25) is 5.91 Å². The molecule has 4 rings (SSSR count). The Kier molecular flexibility index (Phi) is 6.15. The molecular formula is C24H26N4O. The molecule has 0 radical (unpaired) electrons. The van der Waals surface area contributed by atoms with Crippen molar-refractivity contribution in [2.45, 2.75) is 19.3 Å². The van der Waals surface area contributed by atoms with Gasteiger partial charge in [-0.25, -0.2) is 0 Å². The maximum Gasteiger partial charge on any atom is 0.223 e. The van der Waals surface area contributed by atoms with E-state index in [-0.39, 0.29) is 11.8 Å². The molecule has 1 aliphatic rings. The molecule has 0 saturated carbocycles. The van der Waals surface area contributed by atoms with E-state index in [0.717, 1.165) is 49.4 Å². The second-order valence-electron chi connectivity index (χ2n) is 7.43. The number of nitrogens with zero attached hydrogens (tertiary/aromatic N) is 3. The van der Waals surface area contributed by atoms with Gasteiger partial charge in [-0.1, -0.05) is 60.7 Å². The van der Waals surface area contributed by atoms with Crippen molar-refractivity contribution in [1.82, 2.24) is 15.5 Å². The van der Waals surface area contributed by atoms with Gasteiger partial charge in [-0.3, -0.25) is 4.79 Å². The van der Waals surface area contributed by atoms with Gasteiger partial charge in [0.05, 0.1) is 5.69 Å². The summed E-state index contributed by atoms with van der Waals surface area (Å²) in [5.41, 5.74) is 3.19. The monoisotopic (exact) mass is 386 g/mol. The summed E-state index contributed by atoms with van der Waals surface area (Å²) in [6, 6.07) is 24.4. The van der Waals surface area contributed by atoms with Crippen molar-refractivity contribution >= 4 is 11.7 Å². The lowest BCUT2D eigenvalue weighted by atomic mass is 9.96. The van der Waals surface area contributed by atoms with Crippen molar-refractivity contribution < 1.29 is 4.79 Å². The number of carbonyl (C=O) groups excluding carboxylic acids is 1. The van der Waals surface area contributed by atoms with Crippen molar-refractivity contribution in [2.24, 2.45) is 5.92 Å². The van der Waals surface area contributed by atoms with Gasteiger partial charge < -0.3 is 10.2 Å². The van der Waals surface area contributed by atoms with Gasteiger partial charge in [0.25, 0.3) is 0 Å². The molecule has 1 amide bonds. The zero-order valence-corrected chi connectivity index (χ0v) is 16.5. The Hall–Kier alpha value is -3.21. The summed E-state index contributed by atoms with van der Waals surface area (Å²) in [6.07, 6.45) is 2.56. The first-order valence-electron chi connectivity index (χ1n) is 10.3. The van der Waals surface area contributed by atoms with Gasteiger partial charge >= 0.3 is 0 Å². The maximum atomic E-state index is 12.5. The van der Waals surface area contributed by atoms with E-state index in [1.54, 1.807) is 0 Å². The van der Waals surface area contributed by atoms with Gasteiger partial charge in [-0.15, -0.1) is 10.2 Å². The highest BCUT2D eigenvalue weighted by molar-refractivity contribution is 5.79. The second-order valence-corrected chi connectivity index (χ2v) is 7.43. The number of amides is 1. The zero-order valence-electron chi connectivity index (χ0n) is 16.5. The predicted molar refractivity (Wildman–Crippen MR) is 116 cm³/mol. The first kappa shape index (κ1) is 19.1. The standard InChI is InChI=1S/C24H26N4O/c29-24(25-16-13-19-7-3-1-4-8-19)21-14-17-28(18-15-21)23-12-11-22(26-27-23)20-9-5-2-6-10-20/h1-12,21H,13-18H2,(H,25,29). The topological polar surface area (TPSA) is 58.1 Å². The lowest BCUT2D eigenvalue weighted by Crippen LogP contribution is -2.41. The van der Waals surface area contributed by atoms with E-state index in [1.165, 1.54) is 5.56 Å². The van der Waals surface area contributed by atoms with Crippen LogP contribution in [0.5, 0.6) is 0 Å². The van der Waals surface area contributed by atoms with E-state index >= 15 is 0 Å². The molecule has 1 aliphatic heterocycles. The molecule has 0 aliphatic carbocycles. The van der Waals surface area contributed by atoms with Crippen LogP contribution in [-0.4, -0.2) is 35.7 Å². The first-order valence-corrected chi connectivity index (χ1v) is 10.3. The van der Waals surface area contributed by atoms with Gasteiger partial charge in [0.1, 0.15) is 0 Å². The Labute approximate surface area is 171 Å². The van der Waals surface area contributed by atoms with Crippen LogP contribution < -0.4 is 10.2 Å². The highest BCUT2D eigenvalue weighted by Gasteiger charge is 2.25. The molecule has 0 bridgehead atoms. The summed E-state index contributed by atoms with van der Waals surface area (Å²) in [7, 11) is 0. The number of aromatic nitrogens is 2. The number of anilines is 1. The summed E-state index contributed by atoms with van der Waals surface area (Å²) in [5, 5.41) is 11.9. The Morgan fingerprint density at radius 2 is 1.59 bits per heavy atom. The molecule has 2 aromatic carbocycles. The number of hydrogen-bond acceptors (Lipinski definition) is 4. The summed E-state index contributed by atoms with van der Waals surface area (Å²) < 4.78 is 0. The van der Waals surface area contributed by atoms with E-state index in [4.69, 9.17) is 0 Å². The quantitative estimate of drug-likeness (QED) is 0.701. The van der Waals surface area contributed by atoms with E-state index in [9.17, 15) is 4.79 Å². The number of carbonyl (C=O) groups is 1. The van der Waals surface area contributed by atoms with Crippen LogP contribution in [0.3, 0.4) is 0 Å². The van der Waals surface area contributed by atoms with Crippen LogP contribution in [0.25, 0.3) is 11.3 Å².